The SMILES string of the molecule is CCCC/C=C\CCCCCCCC(=O)OCC(COC(=O)CCCCCCCCCCC/C=C\CCCCCCCCCC)OC(=O)CCCCCCCCCCC/C=C\CCCCCCCC. The van der Waals surface area contributed by atoms with Crippen LogP contribution in [0.2, 0.25) is 0 Å². The molecule has 1 unspecified atom stereocenters. The first-order valence-corrected chi connectivity index (χ1v) is 30.5. The number of ether oxygens (including phenoxy) is 3. The summed E-state index contributed by atoms with van der Waals surface area (Å²) in [4.78, 5) is 38.2. The molecular weight excluding hydrogens is 853 g/mol. The summed E-state index contributed by atoms with van der Waals surface area (Å²) in [5.74, 6) is -0.871. The van der Waals surface area contributed by atoms with Crippen molar-refractivity contribution in [3.8, 4) is 0 Å². The van der Waals surface area contributed by atoms with Crippen LogP contribution in [0.4, 0.5) is 0 Å². The van der Waals surface area contributed by atoms with Gasteiger partial charge in [0.25, 0.3) is 0 Å². The Morgan fingerprint density at radius 1 is 0.275 bits per heavy atom. The van der Waals surface area contributed by atoms with E-state index >= 15 is 0 Å². The zero-order valence-corrected chi connectivity index (χ0v) is 46.3. The molecule has 0 saturated heterocycles. The fourth-order valence-electron chi connectivity index (χ4n) is 8.94. The van der Waals surface area contributed by atoms with Crippen LogP contribution in [0.3, 0.4) is 0 Å². The number of hydrogen-bond acceptors (Lipinski definition) is 6. The van der Waals surface area contributed by atoms with Crippen molar-refractivity contribution in [1.82, 2.24) is 0 Å². The molecule has 0 rings (SSSR count). The number of hydrogen-bond donors (Lipinski definition) is 0. The summed E-state index contributed by atoms with van der Waals surface area (Å²) in [5, 5.41) is 0. The minimum atomic E-state index is -0.776. The van der Waals surface area contributed by atoms with Gasteiger partial charge in [0, 0.05) is 19.3 Å². The van der Waals surface area contributed by atoms with E-state index in [1.807, 2.05) is 0 Å². The lowest BCUT2D eigenvalue weighted by Gasteiger charge is -2.18. The molecule has 0 radical (unpaired) electrons. The Morgan fingerprint density at radius 3 is 0.768 bits per heavy atom. The van der Waals surface area contributed by atoms with E-state index in [1.165, 1.54) is 225 Å². The van der Waals surface area contributed by atoms with E-state index in [0.717, 1.165) is 64.2 Å². The molecule has 0 aliphatic rings. The van der Waals surface area contributed by atoms with Crippen LogP contribution in [0, 0.1) is 0 Å². The molecule has 0 aromatic rings. The van der Waals surface area contributed by atoms with Crippen LogP contribution in [0.5, 0.6) is 0 Å². The van der Waals surface area contributed by atoms with Gasteiger partial charge in [-0.2, -0.15) is 0 Å². The standard InChI is InChI=1S/C63H116O6/c1-4-7-10-13-16-19-22-24-26-28-30-31-33-34-36-38-41-44-47-50-53-56-62(65)68-59-60(58-67-61(64)55-52-49-46-43-40-21-18-15-12-9-6-3)69-63(66)57-54-51-48-45-42-39-37-35-32-29-27-25-23-20-17-14-11-8-5-2/h15,18,25,27-28,30,60H,4-14,16-17,19-24,26,29,31-59H2,1-3H3/b18-15-,27-25-,30-28-. The van der Waals surface area contributed by atoms with Crippen molar-refractivity contribution < 1.29 is 28.6 Å². The lowest BCUT2D eigenvalue weighted by Crippen LogP contribution is -2.30. The van der Waals surface area contributed by atoms with Crippen LogP contribution in [0.1, 0.15) is 329 Å². The first-order valence-electron chi connectivity index (χ1n) is 30.5. The molecule has 0 N–H and O–H groups in total. The van der Waals surface area contributed by atoms with E-state index < -0.39 is 6.10 Å². The van der Waals surface area contributed by atoms with Gasteiger partial charge >= 0.3 is 17.9 Å². The zero-order valence-electron chi connectivity index (χ0n) is 46.3. The van der Waals surface area contributed by atoms with Gasteiger partial charge < -0.3 is 14.2 Å². The smallest absolute Gasteiger partial charge is 0.306 e. The molecule has 1 atom stereocenters. The summed E-state index contributed by atoms with van der Waals surface area (Å²) in [5.41, 5.74) is 0. The number of allylic oxidation sites excluding steroid dienone is 6. The normalized spacial score (nSPS) is 12.2. The van der Waals surface area contributed by atoms with Crippen molar-refractivity contribution in [3.05, 3.63) is 36.5 Å². The summed E-state index contributed by atoms with van der Waals surface area (Å²) in [6.45, 7) is 6.63. The molecule has 0 fully saturated rings. The second kappa shape index (κ2) is 58.2. The van der Waals surface area contributed by atoms with Crippen molar-refractivity contribution >= 4 is 17.9 Å². The Labute approximate surface area is 429 Å². The fraction of sp³-hybridized carbons (Fsp3) is 0.857. The van der Waals surface area contributed by atoms with E-state index in [9.17, 15) is 14.4 Å². The lowest BCUT2D eigenvalue weighted by molar-refractivity contribution is -0.167. The van der Waals surface area contributed by atoms with Gasteiger partial charge in [-0.15, -0.1) is 0 Å². The summed E-state index contributed by atoms with van der Waals surface area (Å²) >= 11 is 0. The molecule has 6 nitrogen and oxygen atoms in total. The second-order valence-electron chi connectivity index (χ2n) is 20.6. The maximum absolute atomic E-state index is 12.9. The Hall–Kier alpha value is -2.37. The quantitative estimate of drug-likeness (QED) is 0.0261. The highest BCUT2D eigenvalue weighted by Gasteiger charge is 2.19. The summed E-state index contributed by atoms with van der Waals surface area (Å²) in [7, 11) is 0. The first-order chi connectivity index (χ1) is 34.0. The minimum Gasteiger partial charge on any atom is -0.462 e. The predicted molar refractivity (Wildman–Crippen MR) is 298 cm³/mol. The Kier molecular flexibility index (Phi) is 56.2. The third-order valence-electron chi connectivity index (χ3n) is 13.6. The average Bonchev–Trinajstić information content (AvgIpc) is 3.35. The van der Waals surface area contributed by atoms with E-state index in [4.69, 9.17) is 14.2 Å². The fourth-order valence-corrected chi connectivity index (χ4v) is 8.94. The van der Waals surface area contributed by atoms with Gasteiger partial charge in [0.05, 0.1) is 0 Å². The molecule has 0 saturated carbocycles. The third kappa shape index (κ3) is 56.4. The van der Waals surface area contributed by atoms with E-state index in [0.29, 0.717) is 19.3 Å². The summed E-state index contributed by atoms with van der Waals surface area (Å²) < 4.78 is 16.9. The van der Waals surface area contributed by atoms with Gasteiger partial charge in [-0.05, 0) is 89.9 Å². The van der Waals surface area contributed by atoms with Gasteiger partial charge in [0.2, 0.25) is 0 Å². The van der Waals surface area contributed by atoms with Crippen molar-refractivity contribution in [3.63, 3.8) is 0 Å². The van der Waals surface area contributed by atoms with Crippen LogP contribution >= 0.6 is 0 Å². The molecule has 69 heavy (non-hydrogen) atoms. The molecule has 0 aliphatic carbocycles. The largest absolute Gasteiger partial charge is 0.462 e. The highest BCUT2D eigenvalue weighted by atomic mass is 16.6. The number of unbranched alkanes of at least 4 members (excludes halogenated alkanes) is 39. The maximum atomic E-state index is 12.9. The zero-order chi connectivity index (χ0) is 50.0. The molecule has 404 valence electrons. The van der Waals surface area contributed by atoms with Crippen LogP contribution in [0.15, 0.2) is 36.5 Å². The van der Waals surface area contributed by atoms with Crippen LogP contribution in [-0.2, 0) is 28.6 Å². The number of rotatable bonds is 56. The molecule has 0 bridgehead atoms. The number of esters is 3. The minimum absolute atomic E-state index is 0.0741. The van der Waals surface area contributed by atoms with Crippen molar-refractivity contribution in [2.75, 3.05) is 13.2 Å². The van der Waals surface area contributed by atoms with Crippen molar-refractivity contribution in [2.45, 2.75) is 335 Å². The molecule has 0 aliphatic heterocycles. The number of carbonyl (C=O) groups is 3. The van der Waals surface area contributed by atoms with Gasteiger partial charge in [-0.25, -0.2) is 0 Å². The second-order valence-corrected chi connectivity index (χ2v) is 20.6. The molecule has 6 heteroatoms. The highest BCUT2D eigenvalue weighted by Crippen LogP contribution is 2.16. The van der Waals surface area contributed by atoms with E-state index in [1.54, 1.807) is 0 Å². The third-order valence-corrected chi connectivity index (χ3v) is 13.6. The van der Waals surface area contributed by atoms with Crippen LogP contribution in [-0.4, -0.2) is 37.2 Å². The van der Waals surface area contributed by atoms with Crippen LogP contribution < -0.4 is 0 Å². The van der Waals surface area contributed by atoms with Crippen molar-refractivity contribution in [2.24, 2.45) is 0 Å². The maximum Gasteiger partial charge on any atom is 0.306 e. The molecule has 0 aromatic carbocycles. The Balaban J connectivity index is 4.27. The molecule has 0 aromatic heterocycles. The average molecular weight is 970 g/mol. The molecule has 0 amide bonds. The highest BCUT2D eigenvalue weighted by molar-refractivity contribution is 5.71. The Bertz CT molecular complexity index is 1160. The summed E-state index contributed by atoms with van der Waals surface area (Å²) in [6, 6.07) is 0. The lowest BCUT2D eigenvalue weighted by atomic mass is 10.1. The molecular formula is C63H116O6. The van der Waals surface area contributed by atoms with Gasteiger partial charge in [0.15, 0.2) is 6.10 Å². The monoisotopic (exact) mass is 969 g/mol. The van der Waals surface area contributed by atoms with Gasteiger partial charge in [0.1, 0.15) is 13.2 Å². The molecule has 0 heterocycles. The van der Waals surface area contributed by atoms with Gasteiger partial charge in [-0.1, -0.05) is 256 Å². The van der Waals surface area contributed by atoms with Crippen molar-refractivity contribution in [1.29, 1.82) is 0 Å². The predicted octanol–water partition coefficient (Wildman–Crippen LogP) is 20.4. The van der Waals surface area contributed by atoms with Crippen LogP contribution in [0.25, 0.3) is 0 Å². The Morgan fingerprint density at radius 2 is 0.493 bits per heavy atom. The topological polar surface area (TPSA) is 78.9 Å². The van der Waals surface area contributed by atoms with E-state index in [2.05, 4.69) is 57.2 Å². The number of carbonyl (C=O) groups excluding carboxylic acids is 3. The first kappa shape index (κ1) is 66.6. The summed E-state index contributed by atoms with van der Waals surface area (Å²) in [6.07, 6.45) is 70.0. The van der Waals surface area contributed by atoms with E-state index in [-0.39, 0.29) is 31.1 Å². The molecule has 0 spiro atoms. The van der Waals surface area contributed by atoms with Gasteiger partial charge in [-0.3, -0.25) is 14.4 Å².